The molecular weight excluding hydrogens is 436 g/mol. The van der Waals surface area contributed by atoms with E-state index < -0.39 is 5.60 Å². The Kier molecular flexibility index (Phi) is 5.94. The van der Waals surface area contributed by atoms with Crippen LogP contribution in [0, 0.1) is 17.3 Å². The van der Waals surface area contributed by atoms with Gasteiger partial charge in [-0.05, 0) is 71.1 Å². The molecule has 1 heterocycles. The second-order valence-electron chi connectivity index (χ2n) is 12.2. The summed E-state index contributed by atoms with van der Waals surface area (Å²) in [6, 6.07) is 0. The molecule has 1 aliphatic heterocycles. The molecule has 1 saturated heterocycles. The first-order valence-corrected chi connectivity index (χ1v) is 13.0. The molecule has 34 heavy (non-hydrogen) atoms. The Morgan fingerprint density at radius 1 is 1.15 bits per heavy atom. The van der Waals surface area contributed by atoms with Crippen molar-refractivity contribution in [1.29, 1.82) is 0 Å². The highest BCUT2D eigenvalue weighted by Crippen LogP contribution is 2.86. The van der Waals surface area contributed by atoms with E-state index in [0.717, 1.165) is 38.5 Å². The summed E-state index contributed by atoms with van der Waals surface area (Å²) in [6.07, 6.45) is 6.05. The lowest BCUT2D eigenvalue weighted by Gasteiger charge is -2.80. The summed E-state index contributed by atoms with van der Waals surface area (Å²) < 4.78 is 17.9. The van der Waals surface area contributed by atoms with Gasteiger partial charge in [-0.2, -0.15) is 0 Å². The molecule has 192 valence electrons. The third kappa shape index (κ3) is 3.41. The third-order valence-corrected chi connectivity index (χ3v) is 9.26. The highest BCUT2D eigenvalue weighted by molar-refractivity contribution is 5.84. The lowest BCUT2D eigenvalue weighted by atomic mass is 9.32. The van der Waals surface area contributed by atoms with E-state index in [0.29, 0.717) is 44.7 Å². The fourth-order valence-electron chi connectivity index (χ4n) is 8.41. The maximum atomic E-state index is 13.6. The average molecular weight is 479 g/mol. The van der Waals surface area contributed by atoms with Crippen LogP contribution in [0.5, 0.6) is 0 Å². The standard InChI is InChI=1S/C25H42N4O5/c1-22(2,3)34-21(31)29(15-20(30)28-7-4-5-19(28)27)23-12-17-11-18-14-24(16-23,25(18,23)13-17)33-10-9-32-8-6-26/h17-19H,4-16,26-27H2,1-3H3/t17?,18-,19+,23?,24?,25?/m1/s1. The Balaban J connectivity index is 1.38. The van der Waals surface area contributed by atoms with Gasteiger partial charge in [-0.15, -0.1) is 0 Å². The molecular formula is C25H42N4O5. The molecule has 4 saturated carbocycles. The van der Waals surface area contributed by atoms with Crippen LogP contribution in [-0.4, -0.2) is 84.2 Å². The zero-order valence-corrected chi connectivity index (χ0v) is 21.0. The number of carbonyl (C=O) groups is 2. The normalized spacial score (nSPS) is 39.4. The summed E-state index contributed by atoms with van der Waals surface area (Å²) in [5, 5.41) is 0. The summed E-state index contributed by atoms with van der Waals surface area (Å²) in [6.45, 7) is 8.39. The zero-order valence-electron chi connectivity index (χ0n) is 21.0. The van der Waals surface area contributed by atoms with Crippen molar-refractivity contribution in [3.63, 3.8) is 0 Å². The van der Waals surface area contributed by atoms with Gasteiger partial charge in [0.2, 0.25) is 5.91 Å². The molecule has 5 rings (SSSR count). The monoisotopic (exact) mass is 478 g/mol. The van der Waals surface area contributed by atoms with Crippen LogP contribution in [0.2, 0.25) is 0 Å². The number of hydrogen-bond donors (Lipinski definition) is 2. The van der Waals surface area contributed by atoms with Crippen LogP contribution in [-0.2, 0) is 19.0 Å². The van der Waals surface area contributed by atoms with Crippen molar-refractivity contribution in [3.05, 3.63) is 0 Å². The minimum absolute atomic E-state index is 0.0273. The Bertz CT molecular complexity index is 833. The number of nitrogens with two attached hydrogens (primary N) is 2. The Morgan fingerprint density at radius 2 is 1.94 bits per heavy atom. The predicted octanol–water partition coefficient (Wildman–Crippen LogP) is 1.82. The van der Waals surface area contributed by atoms with Crippen molar-refractivity contribution in [2.45, 2.75) is 88.6 Å². The van der Waals surface area contributed by atoms with E-state index in [-0.39, 0.29) is 41.3 Å². The van der Waals surface area contributed by atoms with Crippen molar-refractivity contribution in [1.82, 2.24) is 9.80 Å². The van der Waals surface area contributed by atoms with Crippen LogP contribution in [0.1, 0.15) is 65.7 Å². The molecule has 0 aromatic carbocycles. The summed E-state index contributed by atoms with van der Waals surface area (Å²) in [4.78, 5) is 30.5. The van der Waals surface area contributed by atoms with Crippen molar-refractivity contribution >= 4 is 12.0 Å². The maximum Gasteiger partial charge on any atom is 0.411 e. The molecule has 1 spiro atoms. The smallest absolute Gasteiger partial charge is 0.411 e. The van der Waals surface area contributed by atoms with Gasteiger partial charge in [0.1, 0.15) is 12.1 Å². The van der Waals surface area contributed by atoms with E-state index >= 15 is 0 Å². The molecule has 2 bridgehead atoms. The minimum Gasteiger partial charge on any atom is -0.444 e. The summed E-state index contributed by atoms with van der Waals surface area (Å²) in [5.74, 6) is 1.04. The quantitative estimate of drug-likeness (QED) is 0.485. The highest BCUT2D eigenvalue weighted by atomic mass is 16.6. The van der Waals surface area contributed by atoms with Crippen LogP contribution in [0.4, 0.5) is 4.79 Å². The van der Waals surface area contributed by atoms with Gasteiger partial charge in [0, 0.05) is 24.9 Å². The molecule has 4 N–H and O–H groups in total. The Morgan fingerprint density at radius 3 is 2.59 bits per heavy atom. The minimum atomic E-state index is -0.634. The molecule has 5 fully saturated rings. The Hall–Kier alpha value is -1.42. The largest absolute Gasteiger partial charge is 0.444 e. The van der Waals surface area contributed by atoms with Crippen molar-refractivity contribution in [2.75, 3.05) is 39.5 Å². The fourth-order valence-corrected chi connectivity index (χ4v) is 8.41. The first-order valence-electron chi connectivity index (χ1n) is 13.0. The number of likely N-dealkylation sites (tertiary alicyclic amines) is 1. The lowest BCUT2D eigenvalue weighted by molar-refractivity contribution is -0.362. The fraction of sp³-hybridized carbons (Fsp3) is 0.920. The highest BCUT2D eigenvalue weighted by Gasteiger charge is 2.90. The summed E-state index contributed by atoms with van der Waals surface area (Å²) >= 11 is 0. The molecule has 0 aromatic heterocycles. The molecule has 0 aromatic rings. The van der Waals surface area contributed by atoms with Gasteiger partial charge < -0.3 is 30.6 Å². The van der Waals surface area contributed by atoms with E-state index in [2.05, 4.69) is 0 Å². The zero-order chi connectivity index (χ0) is 24.4. The van der Waals surface area contributed by atoms with Crippen LogP contribution >= 0.6 is 0 Å². The van der Waals surface area contributed by atoms with E-state index in [1.54, 1.807) is 9.80 Å². The predicted molar refractivity (Wildman–Crippen MR) is 126 cm³/mol. The topological polar surface area (TPSA) is 120 Å². The van der Waals surface area contributed by atoms with Crippen molar-refractivity contribution < 1.29 is 23.8 Å². The summed E-state index contributed by atoms with van der Waals surface area (Å²) in [5.41, 5.74) is 10.4. The molecule has 2 amide bonds. The van der Waals surface area contributed by atoms with Crippen molar-refractivity contribution in [2.24, 2.45) is 28.7 Å². The molecule has 5 aliphatic rings. The number of nitrogens with zero attached hydrogens (tertiary/aromatic N) is 2. The second-order valence-corrected chi connectivity index (χ2v) is 12.2. The molecule has 6 atom stereocenters. The van der Waals surface area contributed by atoms with E-state index in [1.165, 1.54) is 6.42 Å². The first-order chi connectivity index (χ1) is 16.1. The van der Waals surface area contributed by atoms with E-state index in [1.807, 2.05) is 20.8 Å². The maximum absolute atomic E-state index is 13.6. The lowest BCUT2D eigenvalue weighted by Crippen LogP contribution is -2.87. The van der Waals surface area contributed by atoms with Crippen LogP contribution < -0.4 is 11.5 Å². The summed E-state index contributed by atoms with van der Waals surface area (Å²) in [7, 11) is 0. The second kappa shape index (κ2) is 8.32. The van der Waals surface area contributed by atoms with E-state index in [4.69, 9.17) is 25.7 Å². The molecule has 4 unspecified atom stereocenters. The van der Waals surface area contributed by atoms with Gasteiger partial charge in [-0.3, -0.25) is 9.69 Å². The van der Waals surface area contributed by atoms with Gasteiger partial charge in [0.05, 0.1) is 37.1 Å². The number of ether oxygens (including phenoxy) is 3. The number of fused-ring (bicyclic) bond motifs is 1. The Labute approximate surface area is 202 Å². The number of hydrogen-bond acceptors (Lipinski definition) is 7. The van der Waals surface area contributed by atoms with Crippen molar-refractivity contribution in [3.8, 4) is 0 Å². The average Bonchev–Trinajstić information content (AvgIpc) is 3.40. The van der Waals surface area contributed by atoms with Gasteiger partial charge >= 0.3 is 6.09 Å². The first kappa shape index (κ1) is 24.3. The van der Waals surface area contributed by atoms with Gasteiger partial charge in [-0.1, -0.05) is 0 Å². The van der Waals surface area contributed by atoms with E-state index in [9.17, 15) is 9.59 Å². The SMILES string of the molecule is CC(C)(C)OC(=O)N(CC(=O)N1CCC[C@H]1N)C12CC3C[C@@H]4CC(OCCOCCN)(C1)C42C3. The molecule has 4 aliphatic carbocycles. The molecule has 9 nitrogen and oxygen atoms in total. The van der Waals surface area contributed by atoms with Gasteiger partial charge in [0.15, 0.2) is 0 Å². The van der Waals surface area contributed by atoms with Crippen LogP contribution in [0.25, 0.3) is 0 Å². The third-order valence-electron chi connectivity index (χ3n) is 9.26. The van der Waals surface area contributed by atoms with Crippen LogP contribution in [0.15, 0.2) is 0 Å². The number of carbonyl (C=O) groups excluding carboxylic acids is 2. The number of rotatable bonds is 9. The molecule has 9 heteroatoms. The molecule has 0 radical (unpaired) electrons. The van der Waals surface area contributed by atoms with Crippen LogP contribution in [0.3, 0.4) is 0 Å². The number of amides is 2. The van der Waals surface area contributed by atoms with Gasteiger partial charge in [0.25, 0.3) is 0 Å². The van der Waals surface area contributed by atoms with Gasteiger partial charge in [-0.25, -0.2) is 4.79 Å².